The Balaban J connectivity index is 1.70. The molecule has 0 radical (unpaired) electrons. The summed E-state index contributed by atoms with van der Waals surface area (Å²) >= 11 is 0. The number of cyclic esters (lactones) is 1. The van der Waals surface area contributed by atoms with Crippen LogP contribution in [-0.2, 0) is 25.5 Å². The minimum Gasteiger partial charge on any atom is -0.450 e. The Labute approximate surface area is 180 Å². The first-order chi connectivity index (χ1) is 14.9. The number of aryl methyl sites for hydroxylation is 1. The number of hydrogen-bond acceptors (Lipinski definition) is 6. The normalized spacial score (nSPS) is 23.7. The van der Waals surface area contributed by atoms with Crippen molar-refractivity contribution in [1.29, 1.82) is 0 Å². The summed E-state index contributed by atoms with van der Waals surface area (Å²) in [5.41, 5.74) is 7.12. The summed E-state index contributed by atoms with van der Waals surface area (Å²) in [5, 5.41) is 5.08. The van der Waals surface area contributed by atoms with Crippen LogP contribution < -0.4 is 16.4 Å². The molecule has 1 saturated heterocycles. The zero-order valence-corrected chi connectivity index (χ0v) is 17.3. The lowest BCUT2D eigenvalue weighted by Gasteiger charge is -2.21. The third-order valence-corrected chi connectivity index (χ3v) is 5.34. The third-order valence-electron chi connectivity index (χ3n) is 5.34. The number of carbonyl (C=O) groups excluding carboxylic acids is 4. The predicted molar refractivity (Wildman–Crippen MR) is 111 cm³/mol. The van der Waals surface area contributed by atoms with E-state index in [-0.39, 0.29) is 26.1 Å². The number of hydrogen-bond donors (Lipinski definition) is 3. The van der Waals surface area contributed by atoms with Gasteiger partial charge in [0.15, 0.2) is 0 Å². The van der Waals surface area contributed by atoms with Crippen LogP contribution in [0.5, 0.6) is 0 Å². The lowest BCUT2D eigenvalue weighted by molar-refractivity contribution is -0.136. The molecule has 1 aromatic rings. The van der Waals surface area contributed by atoms with Crippen LogP contribution in [0.3, 0.4) is 0 Å². The van der Waals surface area contributed by atoms with Crippen molar-refractivity contribution in [2.45, 2.75) is 50.7 Å². The highest BCUT2D eigenvalue weighted by Crippen LogP contribution is 2.22. The van der Waals surface area contributed by atoms with E-state index in [2.05, 4.69) is 10.6 Å². The van der Waals surface area contributed by atoms with Crippen molar-refractivity contribution in [1.82, 2.24) is 10.2 Å². The highest BCUT2D eigenvalue weighted by molar-refractivity contribution is 5.90. The Morgan fingerprint density at radius 3 is 2.71 bits per heavy atom. The molecule has 0 spiro atoms. The number of carbonyl (C=O) groups is 4. The number of fused-ring (bicyclic) bond motifs is 4. The molecule has 168 valence electrons. The Morgan fingerprint density at radius 1 is 1.10 bits per heavy atom. The van der Waals surface area contributed by atoms with Crippen LogP contribution in [-0.4, -0.2) is 60.7 Å². The number of alkyl carbamates (subject to hydrolysis) is 1. The number of rotatable bonds is 1. The summed E-state index contributed by atoms with van der Waals surface area (Å²) in [6, 6.07) is 6.61. The Hall–Kier alpha value is -3.30. The second-order valence-electron chi connectivity index (χ2n) is 7.71. The van der Waals surface area contributed by atoms with Crippen LogP contribution in [0, 0.1) is 0 Å². The number of nitrogens with zero attached hydrogens (tertiary/aromatic N) is 1. The third kappa shape index (κ3) is 6.59. The number of anilines is 1. The predicted octanol–water partition coefficient (Wildman–Crippen LogP) is 1.53. The van der Waals surface area contributed by atoms with Gasteiger partial charge in [-0.1, -0.05) is 25.0 Å². The molecule has 0 aromatic heterocycles. The minimum absolute atomic E-state index is 0.0105. The molecule has 2 aliphatic rings. The topological polar surface area (TPSA) is 140 Å². The number of amides is 4. The van der Waals surface area contributed by atoms with Gasteiger partial charge >= 0.3 is 12.2 Å². The van der Waals surface area contributed by atoms with E-state index in [1.807, 2.05) is 18.2 Å². The Kier molecular flexibility index (Phi) is 7.69. The standard InChI is InChI=1S/C21H28N4O6/c22-19(27)17-11-16-13-25(17)18(26)12-23-20(28)30-9-4-2-1-3-6-14-7-5-8-15(10-14)24-21(29)31-16/h5,7-8,10,16-17H,1-4,6,9,11-13H2,(H2,22,27)(H,23,28)(H,24,29). The van der Waals surface area contributed by atoms with E-state index in [1.165, 1.54) is 4.90 Å². The molecule has 2 aliphatic heterocycles. The number of primary amides is 1. The first-order valence-electron chi connectivity index (χ1n) is 10.5. The second-order valence-corrected chi connectivity index (χ2v) is 7.71. The first kappa shape index (κ1) is 22.4. The van der Waals surface area contributed by atoms with Gasteiger partial charge in [-0.05, 0) is 37.0 Å². The molecule has 31 heavy (non-hydrogen) atoms. The van der Waals surface area contributed by atoms with Gasteiger partial charge in [0, 0.05) is 12.1 Å². The molecule has 2 unspecified atom stereocenters. The zero-order valence-electron chi connectivity index (χ0n) is 17.3. The number of nitrogens with one attached hydrogen (secondary N) is 2. The summed E-state index contributed by atoms with van der Waals surface area (Å²) in [6.45, 7) is -0.0595. The van der Waals surface area contributed by atoms with Gasteiger partial charge in [0.2, 0.25) is 11.8 Å². The fourth-order valence-corrected chi connectivity index (χ4v) is 3.78. The molecule has 0 saturated carbocycles. The van der Waals surface area contributed by atoms with Crippen molar-refractivity contribution in [3.05, 3.63) is 29.8 Å². The van der Waals surface area contributed by atoms with E-state index in [4.69, 9.17) is 15.2 Å². The maximum absolute atomic E-state index is 12.5. The minimum atomic E-state index is -0.916. The Morgan fingerprint density at radius 2 is 1.90 bits per heavy atom. The van der Waals surface area contributed by atoms with Gasteiger partial charge in [0.25, 0.3) is 0 Å². The van der Waals surface area contributed by atoms with Gasteiger partial charge in [-0.2, -0.15) is 0 Å². The van der Waals surface area contributed by atoms with E-state index in [0.717, 1.165) is 37.7 Å². The smallest absolute Gasteiger partial charge is 0.411 e. The molecule has 4 N–H and O–H groups in total. The summed E-state index contributed by atoms with van der Waals surface area (Å²) in [6.07, 6.45) is 2.50. The van der Waals surface area contributed by atoms with Crippen molar-refractivity contribution in [3.63, 3.8) is 0 Å². The maximum atomic E-state index is 12.5. The quantitative estimate of drug-likeness (QED) is 0.615. The molecule has 4 bridgehead atoms. The van der Waals surface area contributed by atoms with Crippen LogP contribution in [0.2, 0.25) is 0 Å². The average molecular weight is 432 g/mol. The molecule has 2 heterocycles. The molecule has 2 atom stereocenters. The van der Waals surface area contributed by atoms with E-state index in [1.54, 1.807) is 6.07 Å². The van der Waals surface area contributed by atoms with Crippen LogP contribution in [0.1, 0.15) is 37.7 Å². The Bertz CT molecular complexity index is 830. The number of benzene rings is 1. The molecule has 0 aliphatic carbocycles. The van der Waals surface area contributed by atoms with Crippen LogP contribution in [0.15, 0.2) is 24.3 Å². The monoisotopic (exact) mass is 432 g/mol. The zero-order chi connectivity index (χ0) is 22.2. The van der Waals surface area contributed by atoms with Crippen LogP contribution in [0.25, 0.3) is 0 Å². The van der Waals surface area contributed by atoms with Gasteiger partial charge in [-0.25, -0.2) is 9.59 Å². The van der Waals surface area contributed by atoms with Gasteiger partial charge in [-0.15, -0.1) is 0 Å². The lowest BCUT2D eigenvalue weighted by atomic mass is 10.1. The van der Waals surface area contributed by atoms with Crippen molar-refractivity contribution in [2.24, 2.45) is 5.73 Å². The van der Waals surface area contributed by atoms with Crippen molar-refractivity contribution < 1.29 is 28.7 Å². The molecule has 10 heteroatoms. The summed E-state index contributed by atoms with van der Waals surface area (Å²) in [7, 11) is 0. The molecular formula is C21H28N4O6. The van der Waals surface area contributed by atoms with Crippen molar-refractivity contribution in [3.8, 4) is 0 Å². The second kappa shape index (κ2) is 10.6. The van der Waals surface area contributed by atoms with Crippen LogP contribution >= 0.6 is 0 Å². The maximum Gasteiger partial charge on any atom is 0.411 e. The molecule has 1 fully saturated rings. The van der Waals surface area contributed by atoms with E-state index < -0.39 is 36.1 Å². The average Bonchev–Trinajstić information content (AvgIpc) is 3.15. The first-order valence-corrected chi connectivity index (χ1v) is 10.5. The van der Waals surface area contributed by atoms with Gasteiger partial charge in [-0.3, -0.25) is 14.9 Å². The highest BCUT2D eigenvalue weighted by atomic mass is 16.6. The SMILES string of the molecule is NC(=O)C1CC2CN1C(=O)CNC(=O)OCCCCCCc1cccc(c1)NC(=O)O2. The van der Waals surface area contributed by atoms with E-state index in [9.17, 15) is 19.2 Å². The summed E-state index contributed by atoms with van der Waals surface area (Å²) in [5.74, 6) is -1.21. The summed E-state index contributed by atoms with van der Waals surface area (Å²) < 4.78 is 10.5. The number of ether oxygens (including phenoxy) is 2. The van der Waals surface area contributed by atoms with E-state index >= 15 is 0 Å². The highest BCUT2D eigenvalue weighted by Gasteiger charge is 2.40. The fraction of sp³-hybridized carbons (Fsp3) is 0.524. The fourth-order valence-electron chi connectivity index (χ4n) is 3.78. The van der Waals surface area contributed by atoms with Crippen molar-refractivity contribution in [2.75, 3.05) is 25.0 Å². The van der Waals surface area contributed by atoms with E-state index in [0.29, 0.717) is 5.69 Å². The van der Waals surface area contributed by atoms with Gasteiger partial charge in [0.1, 0.15) is 18.7 Å². The molecule has 1 aromatic carbocycles. The molecule has 4 amide bonds. The molecule has 10 nitrogen and oxygen atoms in total. The van der Waals surface area contributed by atoms with Gasteiger partial charge in [0.05, 0.1) is 13.2 Å². The van der Waals surface area contributed by atoms with Crippen LogP contribution in [0.4, 0.5) is 15.3 Å². The van der Waals surface area contributed by atoms with Gasteiger partial charge < -0.3 is 25.4 Å². The molecule has 3 rings (SSSR count). The van der Waals surface area contributed by atoms with Crippen molar-refractivity contribution >= 4 is 29.7 Å². The summed E-state index contributed by atoms with van der Waals surface area (Å²) in [4.78, 5) is 49.6. The number of nitrogens with two attached hydrogens (primary N) is 1. The molecular weight excluding hydrogens is 404 g/mol. The lowest BCUT2D eigenvalue weighted by Crippen LogP contribution is -2.47. The largest absolute Gasteiger partial charge is 0.450 e.